The second-order valence-electron chi connectivity index (χ2n) is 6.17. The maximum absolute atomic E-state index is 5.20. The number of methoxy groups -OCH3 is 1. The summed E-state index contributed by atoms with van der Waals surface area (Å²) in [6.45, 7) is 6.99. The molecule has 2 aliphatic rings. The lowest BCUT2D eigenvalue weighted by Gasteiger charge is -2.23. The smallest absolute Gasteiger partial charge is 0.191 e. The largest absolute Gasteiger partial charge is 0.383 e. The number of hydrogen-bond donors (Lipinski definition) is 2. The molecule has 22 heavy (non-hydrogen) atoms. The second kappa shape index (κ2) is 11.5. The van der Waals surface area contributed by atoms with E-state index in [1.807, 2.05) is 0 Å². The fraction of sp³-hybridized carbons (Fsp3) is 0.938. The SMILES string of the molecule is CCNC(=NCC1CCCN1CCOC)NC1CCCC1.I. The van der Waals surface area contributed by atoms with Crippen LogP contribution in [0.4, 0.5) is 0 Å². The molecular weight excluding hydrogens is 391 g/mol. The standard InChI is InChI=1S/C16H32N4O.HI/c1-3-17-16(19-14-7-4-5-8-14)18-13-15-9-6-10-20(15)11-12-21-2;/h14-15H,3-13H2,1-2H3,(H2,17,18,19);1H. The Bertz CT molecular complexity index is 321. The van der Waals surface area contributed by atoms with E-state index >= 15 is 0 Å². The molecule has 0 amide bonds. The summed E-state index contributed by atoms with van der Waals surface area (Å²) in [6.07, 6.45) is 7.82. The highest BCUT2D eigenvalue weighted by Crippen LogP contribution is 2.18. The maximum atomic E-state index is 5.20. The zero-order valence-corrected chi connectivity index (χ0v) is 16.5. The Kier molecular flexibility index (Phi) is 10.4. The summed E-state index contributed by atoms with van der Waals surface area (Å²) in [5.74, 6) is 1.00. The summed E-state index contributed by atoms with van der Waals surface area (Å²) in [5, 5.41) is 6.98. The number of hydrogen-bond acceptors (Lipinski definition) is 3. The third-order valence-corrected chi connectivity index (χ3v) is 4.58. The molecule has 2 N–H and O–H groups in total. The van der Waals surface area contributed by atoms with E-state index < -0.39 is 0 Å². The van der Waals surface area contributed by atoms with E-state index in [1.165, 1.54) is 45.1 Å². The molecule has 0 radical (unpaired) electrons. The van der Waals surface area contributed by atoms with Crippen LogP contribution in [0.25, 0.3) is 0 Å². The van der Waals surface area contributed by atoms with Gasteiger partial charge in [0.2, 0.25) is 0 Å². The highest BCUT2D eigenvalue weighted by molar-refractivity contribution is 14.0. The van der Waals surface area contributed by atoms with Crippen LogP contribution in [-0.4, -0.2) is 62.8 Å². The predicted octanol–water partition coefficient (Wildman–Crippen LogP) is 2.21. The Morgan fingerprint density at radius 2 is 2.00 bits per heavy atom. The van der Waals surface area contributed by atoms with Crippen molar-refractivity contribution < 1.29 is 4.74 Å². The van der Waals surface area contributed by atoms with Gasteiger partial charge in [0.1, 0.15) is 0 Å². The van der Waals surface area contributed by atoms with Crippen molar-refractivity contribution in [3.8, 4) is 0 Å². The first-order chi connectivity index (χ1) is 10.3. The van der Waals surface area contributed by atoms with Gasteiger partial charge in [-0.25, -0.2) is 0 Å². The number of nitrogens with zero attached hydrogens (tertiary/aromatic N) is 2. The van der Waals surface area contributed by atoms with E-state index in [0.717, 1.165) is 32.2 Å². The van der Waals surface area contributed by atoms with Gasteiger partial charge >= 0.3 is 0 Å². The molecule has 1 aliphatic heterocycles. The first kappa shape index (κ1) is 20.0. The van der Waals surface area contributed by atoms with Crippen molar-refractivity contribution in [1.29, 1.82) is 0 Å². The van der Waals surface area contributed by atoms with E-state index in [-0.39, 0.29) is 24.0 Å². The molecule has 0 aromatic rings. The van der Waals surface area contributed by atoms with Gasteiger partial charge in [-0.05, 0) is 39.2 Å². The quantitative estimate of drug-likeness (QED) is 0.374. The van der Waals surface area contributed by atoms with Crippen LogP contribution in [0.5, 0.6) is 0 Å². The van der Waals surface area contributed by atoms with E-state index in [4.69, 9.17) is 9.73 Å². The Morgan fingerprint density at radius 1 is 1.23 bits per heavy atom. The number of aliphatic imine (C=N–C) groups is 1. The lowest BCUT2D eigenvalue weighted by molar-refractivity contribution is 0.142. The lowest BCUT2D eigenvalue weighted by atomic mass is 10.2. The third kappa shape index (κ3) is 6.58. The summed E-state index contributed by atoms with van der Waals surface area (Å²) in [4.78, 5) is 7.35. The molecule has 0 bridgehead atoms. The van der Waals surface area contributed by atoms with E-state index in [2.05, 4.69) is 22.5 Å². The van der Waals surface area contributed by atoms with Crippen LogP contribution < -0.4 is 10.6 Å². The molecule has 1 saturated heterocycles. The van der Waals surface area contributed by atoms with Gasteiger partial charge in [0.15, 0.2) is 5.96 Å². The fourth-order valence-electron chi connectivity index (χ4n) is 3.39. The summed E-state index contributed by atoms with van der Waals surface area (Å²) in [6, 6.07) is 1.20. The van der Waals surface area contributed by atoms with E-state index in [0.29, 0.717) is 12.1 Å². The third-order valence-electron chi connectivity index (χ3n) is 4.58. The second-order valence-corrected chi connectivity index (χ2v) is 6.17. The molecule has 1 aliphatic carbocycles. The average Bonchev–Trinajstić information content (AvgIpc) is 3.14. The first-order valence-electron chi connectivity index (χ1n) is 8.61. The van der Waals surface area contributed by atoms with Crippen molar-refractivity contribution in [2.24, 2.45) is 4.99 Å². The summed E-state index contributed by atoms with van der Waals surface area (Å²) in [7, 11) is 1.78. The van der Waals surface area contributed by atoms with Crippen molar-refractivity contribution in [2.45, 2.75) is 57.5 Å². The molecular formula is C16H33IN4O. The van der Waals surface area contributed by atoms with Crippen LogP contribution in [-0.2, 0) is 4.74 Å². The van der Waals surface area contributed by atoms with Gasteiger partial charge in [0.25, 0.3) is 0 Å². The number of likely N-dealkylation sites (tertiary alicyclic amines) is 1. The summed E-state index contributed by atoms with van der Waals surface area (Å²) < 4.78 is 5.20. The minimum Gasteiger partial charge on any atom is -0.383 e. The number of nitrogens with one attached hydrogen (secondary N) is 2. The van der Waals surface area contributed by atoms with E-state index in [9.17, 15) is 0 Å². The Morgan fingerprint density at radius 3 is 2.68 bits per heavy atom. The van der Waals surface area contributed by atoms with Crippen LogP contribution in [0.2, 0.25) is 0 Å². The number of rotatable bonds is 7. The van der Waals surface area contributed by atoms with Gasteiger partial charge in [0, 0.05) is 32.3 Å². The molecule has 130 valence electrons. The van der Waals surface area contributed by atoms with Crippen molar-refractivity contribution in [3.05, 3.63) is 0 Å². The van der Waals surface area contributed by atoms with Crippen LogP contribution >= 0.6 is 24.0 Å². The molecule has 0 spiro atoms. The van der Waals surface area contributed by atoms with Crippen LogP contribution in [0.1, 0.15) is 45.4 Å². The zero-order valence-electron chi connectivity index (χ0n) is 14.1. The number of ether oxygens (including phenoxy) is 1. The Hall–Kier alpha value is -0.0800. The Labute approximate surface area is 152 Å². The maximum Gasteiger partial charge on any atom is 0.191 e. The first-order valence-corrected chi connectivity index (χ1v) is 8.61. The van der Waals surface area contributed by atoms with Crippen molar-refractivity contribution in [3.63, 3.8) is 0 Å². The average molecular weight is 424 g/mol. The number of guanidine groups is 1. The zero-order chi connectivity index (χ0) is 14.9. The van der Waals surface area contributed by atoms with Gasteiger partial charge in [-0.1, -0.05) is 12.8 Å². The molecule has 1 heterocycles. The van der Waals surface area contributed by atoms with Crippen molar-refractivity contribution >= 4 is 29.9 Å². The normalized spacial score (nSPS) is 23.5. The Balaban J connectivity index is 0.00000242. The van der Waals surface area contributed by atoms with Gasteiger partial charge in [-0.15, -0.1) is 24.0 Å². The van der Waals surface area contributed by atoms with Crippen LogP contribution in [0.3, 0.4) is 0 Å². The minimum absolute atomic E-state index is 0. The van der Waals surface area contributed by atoms with Gasteiger partial charge in [0.05, 0.1) is 13.2 Å². The molecule has 0 aromatic carbocycles. The molecule has 0 aromatic heterocycles. The summed E-state index contributed by atoms with van der Waals surface area (Å²) in [5.41, 5.74) is 0. The fourth-order valence-corrected chi connectivity index (χ4v) is 3.39. The molecule has 2 fully saturated rings. The van der Waals surface area contributed by atoms with Crippen molar-refractivity contribution in [2.75, 3.05) is 39.9 Å². The molecule has 1 saturated carbocycles. The van der Waals surface area contributed by atoms with E-state index in [1.54, 1.807) is 7.11 Å². The van der Waals surface area contributed by atoms with Gasteiger partial charge in [-0.2, -0.15) is 0 Å². The molecule has 1 atom stereocenters. The topological polar surface area (TPSA) is 48.9 Å². The molecule has 2 rings (SSSR count). The highest BCUT2D eigenvalue weighted by atomic mass is 127. The highest BCUT2D eigenvalue weighted by Gasteiger charge is 2.24. The lowest BCUT2D eigenvalue weighted by Crippen LogP contribution is -2.43. The molecule has 1 unspecified atom stereocenters. The predicted molar refractivity (Wildman–Crippen MR) is 103 cm³/mol. The minimum atomic E-state index is 0. The number of halogens is 1. The van der Waals surface area contributed by atoms with Crippen molar-refractivity contribution in [1.82, 2.24) is 15.5 Å². The monoisotopic (exact) mass is 424 g/mol. The van der Waals surface area contributed by atoms with Crippen LogP contribution in [0, 0.1) is 0 Å². The van der Waals surface area contributed by atoms with Gasteiger partial charge in [-0.3, -0.25) is 9.89 Å². The van der Waals surface area contributed by atoms with Crippen LogP contribution in [0.15, 0.2) is 4.99 Å². The van der Waals surface area contributed by atoms with Gasteiger partial charge < -0.3 is 15.4 Å². The summed E-state index contributed by atoms with van der Waals surface area (Å²) >= 11 is 0. The molecule has 6 heteroatoms. The molecule has 5 nitrogen and oxygen atoms in total.